The van der Waals surface area contributed by atoms with Gasteiger partial charge in [0.2, 0.25) is 0 Å². The lowest BCUT2D eigenvalue weighted by molar-refractivity contribution is -0.104. The highest BCUT2D eigenvalue weighted by atomic mass is 16.5. The van der Waals surface area contributed by atoms with Crippen LogP contribution in [-0.4, -0.2) is 26.2 Å². The number of aryl methyl sites for hydroxylation is 1. The second-order valence-electron chi connectivity index (χ2n) is 4.32. The number of allylic oxidation sites excluding steroid dienone is 2. The number of carbonyl (C=O) groups is 2. The molecule has 0 aliphatic heterocycles. The Kier molecular flexibility index (Phi) is 5.72. The smallest absolute Gasteiger partial charge is 0.160 e. The maximum absolute atomic E-state index is 11.8. The van der Waals surface area contributed by atoms with Gasteiger partial charge < -0.3 is 10.1 Å². The van der Waals surface area contributed by atoms with Gasteiger partial charge in [-0.05, 0) is 25.5 Å². The molecule has 0 bridgehead atoms. The number of methoxy groups -OCH3 is 1. The molecule has 0 unspecified atom stereocenters. The topological polar surface area (TPSA) is 55.4 Å². The van der Waals surface area contributed by atoms with Gasteiger partial charge in [0.15, 0.2) is 5.78 Å². The van der Waals surface area contributed by atoms with Gasteiger partial charge in [-0.3, -0.25) is 9.59 Å². The molecule has 0 atom stereocenters. The van der Waals surface area contributed by atoms with Gasteiger partial charge >= 0.3 is 0 Å². The molecule has 1 rings (SSSR count). The second-order valence-corrected chi connectivity index (χ2v) is 4.32. The third kappa shape index (κ3) is 3.57. The van der Waals surface area contributed by atoms with Crippen LogP contribution < -0.4 is 5.32 Å². The third-order valence-electron chi connectivity index (χ3n) is 2.84. The van der Waals surface area contributed by atoms with Crippen LogP contribution in [0.5, 0.6) is 0 Å². The SMILES string of the molecule is CN/C=C(OC)\C(=C/C=O)c1cc(C)ccc1C(C)=O. The molecular formula is C16H19NO3. The van der Waals surface area contributed by atoms with Crippen molar-refractivity contribution in [3.8, 4) is 0 Å². The van der Waals surface area contributed by atoms with Gasteiger partial charge in [-0.2, -0.15) is 0 Å². The summed E-state index contributed by atoms with van der Waals surface area (Å²) in [4.78, 5) is 22.7. The van der Waals surface area contributed by atoms with Gasteiger partial charge in [-0.25, -0.2) is 0 Å². The number of carbonyl (C=O) groups excluding carboxylic acids is 2. The molecule has 0 heterocycles. The van der Waals surface area contributed by atoms with E-state index in [1.165, 1.54) is 20.1 Å². The molecule has 0 aliphatic carbocycles. The summed E-state index contributed by atoms with van der Waals surface area (Å²) in [6, 6.07) is 5.50. The molecule has 0 radical (unpaired) electrons. The quantitative estimate of drug-likeness (QED) is 0.284. The lowest BCUT2D eigenvalue weighted by Crippen LogP contribution is -2.05. The van der Waals surface area contributed by atoms with Crippen molar-refractivity contribution in [3.63, 3.8) is 0 Å². The standard InChI is InChI=1S/C16H19NO3/c1-11-5-6-13(12(2)19)15(9-11)14(7-8-18)16(20-4)10-17-3/h5-10,17H,1-4H3/b14-7-,16-10+. The molecule has 20 heavy (non-hydrogen) atoms. The van der Waals surface area contributed by atoms with E-state index in [0.29, 0.717) is 28.7 Å². The van der Waals surface area contributed by atoms with Crippen LogP contribution >= 0.6 is 0 Å². The van der Waals surface area contributed by atoms with E-state index in [1.807, 2.05) is 19.1 Å². The Hall–Kier alpha value is -2.36. The summed E-state index contributed by atoms with van der Waals surface area (Å²) in [5.74, 6) is 0.435. The molecule has 0 spiro atoms. The monoisotopic (exact) mass is 273 g/mol. The van der Waals surface area contributed by atoms with Crippen LogP contribution in [0.1, 0.15) is 28.4 Å². The number of aldehydes is 1. The lowest BCUT2D eigenvalue weighted by atomic mass is 9.94. The molecule has 106 valence electrons. The van der Waals surface area contributed by atoms with E-state index in [4.69, 9.17) is 4.74 Å². The van der Waals surface area contributed by atoms with Gasteiger partial charge in [-0.15, -0.1) is 0 Å². The molecule has 1 aromatic carbocycles. The lowest BCUT2D eigenvalue weighted by Gasteiger charge is -2.14. The molecule has 1 N–H and O–H groups in total. The fraction of sp³-hybridized carbons (Fsp3) is 0.250. The molecule has 0 saturated heterocycles. The number of rotatable bonds is 6. The van der Waals surface area contributed by atoms with Gasteiger partial charge in [-0.1, -0.05) is 23.8 Å². The minimum Gasteiger partial charge on any atom is -0.495 e. The average molecular weight is 273 g/mol. The van der Waals surface area contributed by atoms with Crippen LogP contribution in [0.15, 0.2) is 36.2 Å². The zero-order valence-electron chi connectivity index (χ0n) is 12.2. The van der Waals surface area contributed by atoms with Crippen LogP contribution in [0.3, 0.4) is 0 Å². The first-order chi connectivity index (χ1) is 9.54. The highest BCUT2D eigenvalue weighted by Gasteiger charge is 2.15. The van der Waals surface area contributed by atoms with Gasteiger partial charge in [0.1, 0.15) is 12.0 Å². The Morgan fingerprint density at radius 1 is 1.30 bits per heavy atom. The van der Waals surface area contributed by atoms with Crippen molar-refractivity contribution in [2.75, 3.05) is 14.2 Å². The summed E-state index contributed by atoms with van der Waals surface area (Å²) in [5.41, 5.74) is 2.82. The fourth-order valence-electron chi connectivity index (χ4n) is 1.94. The summed E-state index contributed by atoms with van der Waals surface area (Å²) in [5, 5.41) is 2.86. The van der Waals surface area contributed by atoms with E-state index in [2.05, 4.69) is 5.32 Å². The predicted octanol–water partition coefficient (Wildman–Crippen LogP) is 2.49. The first-order valence-electron chi connectivity index (χ1n) is 6.24. The van der Waals surface area contributed by atoms with Crippen molar-refractivity contribution in [2.45, 2.75) is 13.8 Å². The van der Waals surface area contributed by atoms with Crippen molar-refractivity contribution < 1.29 is 14.3 Å². The first kappa shape index (κ1) is 15.7. The number of benzene rings is 1. The molecule has 0 fully saturated rings. The summed E-state index contributed by atoms with van der Waals surface area (Å²) in [7, 11) is 3.25. The molecule has 0 aliphatic rings. The van der Waals surface area contributed by atoms with Gasteiger partial charge in [0.05, 0.1) is 7.11 Å². The Morgan fingerprint density at radius 3 is 2.50 bits per heavy atom. The van der Waals surface area contributed by atoms with Crippen LogP contribution in [0.4, 0.5) is 0 Å². The largest absolute Gasteiger partial charge is 0.495 e. The van der Waals surface area contributed by atoms with E-state index < -0.39 is 0 Å². The average Bonchev–Trinajstić information content (AvgIpc) is 2.42. The first-order valence-corrected chi connectivity index (χ1v) is 6.24. The van der Waals surface area contributed by atoms with Gasteiger partial charge in [0.25, 0.3) is 0 Å². The fourth-order valence-corrected chi connectivity index (χ4v) is 1.94. The van der Waals surface area contributed by atoms with Crippen LogP contribution in [-0.2, 0) is 9.53 Å². The Bertz CT molecular complexity index is 571. The number of hydrogen-bond donors (Lipinski definition) is 1. The molecule has 0 saturated carbocycles. The van der Waals surface area contributed by atoms with Crippen LogP contribution in [0, 0.1) is 6.92 Å². The van der Waals surface area contributed by atoms with Crippen molar-refractivity contribution in [2.24, 2.45) is 0 Å². The molecule has 4 heteroatoms. The van der Waals surface area contributed by atoms with Crippen molar-refractivity contribution in [1.29, 1.82) is 0 Å². The maximum atomic E-state index is 11.8. The normalized spacial score (nSPS) is 12.0. The van der Waals surface area contributed by atoms with Crippen LogP contribution in [0.2, 0.25) is 0 Å². The van der Waals surface area contributed by atoms with Crippen molar-refractivity contribution in [1.82, 2.24) is 5.32 Å². The molecule has 0 amide bonds. The Morgan fingerprint density at radius 2 is 2.00 bits per heavy atom. The minimum absolute atomic E-state index is 0.0586. The van der Waals surface area contributed by atoms with Crippen LogP contribution in [0.25, 0.3) is 5.57 Å². The Labute approximate surface area is 119 Å². The predicted molar refractivity (Wildman–Crippen MR) is 79.4 cm³/mol. The molecule has 1 aromatic rings. The molecular weight excluding hydrogens is 254 g/mol. The van der Waals surface area contributed by atoms with E-state index >= 15 is 0 Å². The van der Waals surface area contributed by atoms with E-state index in [-0.39, 0.29) is 5.78 Å². The summed E-state index contributed by atoms with van der Waals surface area (Å²) >= 11 is 0. The Balaban J connectivity index is 3.54. The number of ketones is 1. The highest BCUT2D eigenvalue weighted by Crippen LogP contribution is 2.27. The van der Waals surface area contributed by atoms with Crippen molar-refractivity contribution in [3.05, 3.63) is 52.9 Å². The van der Waals surface area contributed by atoms with Crippen molar-refractivity contribution >= 4 is 17.6 Å². The van der Waals surface area contributed by atoms with E-state index in [0.717, 1.165) is 5.56 Å². The molecule has 4 nitrogen and oxygen atoms in total. The highest BCUT2D eigenvalue weighted by molar-refractivity contribution is 6.02. The summed E-state index contributed by atoms with van der Waals surface area (Å²) < 4.78 is 5.29. The zero-order chi connectivity index (χ0) is 15.1. The van der Waals surface area contributed by atoms with E-state index in [9.17, 15) is 9.59 Å². The van der Waals surface area contributed by atoms with E-state index in [1.54, 1.807) is 19.3 Å². The third-order valence-corrected chi connectivity index (χ3v) is 2.84. The number of Topliss-reactive ketones (excluding diaryl/α,β-unsaturated/α-hetero) is 1. The summed E-state index contributed by atoms with van der Waals surface area (Å²) in [6.07, 6.45) is 3.72. The van der Waals surface area contributed by atoms with Gasteiger partial charge in [0, 0.05) is 24.4 Å². The minimum atomic E-state index is -0.0586. The number of ether oxygens (including phenoxy) is 1. The number of nitrogens with one attached hydrogen (secondary N) is 1. The second kappa shape index (κ2) is 7.28. The number of hydrogen-bond acceptors (Lipinski definition) is 4. The zero-order valence-corrected chi connectivity index (χ0v) is 12.2. The summed E-state index contributed by atoms with van der Waals surface area (Å²) in [6.45, 7) is 3.43. The maximum Gasteiger partial charge on any atom is 0.160 e. The molecule has 0 aromatic heterocycles.